The number of hydrogen-bond acceptors (Lipinski definition) is 4. The average molecular weight is 452 g/mol. The third-order valence-electron chi connectivity index (χ3n) is 7.17. The molecule has 1 aliphatic heterocycles. The number of imidazole rings is 1. The summed E-state index contributed by atoms with van der Waals surface area (Å²) in [5.74, 6) is 3.42. The predicted molar refractivity (Wildman–Crippen MR) is 128 cm³/mol. The lowest BCUT2D eigenvalue weighted by Gasteiger charge is -2.18. The van der Waals surface area contributed by atoms with E-state index < -0.39 is 0 Å². The van der Waals surface area contributed by atoms with E-state index in [1.54, 1.807) is 18.1 Å². The van der Waals surface area contributed by atoms with Crippen molar-refractivity contribution in [2.24, 2.45) is 11.8 Å². The second kappa shape index (κ2) is 8.83. The molecular weight excluding hydrogens is 422 g/mol. The Kier molecular flexibility index (Phi) is 5.91. The Hall–Kier alpha value is -2.44. The van der Waals surface area contributed by atoms with Crippen molar-refractivity contribution in [1.82, 2.24) is 19.4 Å². The Morgan fingerprint density at radius 1 is 1.19 bits per heavy atom. The fraction of sp³-hybridized carbons (Fsp3) is 0.480. The van der Waals surface area contributed by atoms with Gasteiger partial charge in [-0.05, 0) is 43.4 Å². The highest BCUT2D eigenvalue weighted by atomic mass is 35.5. The standard InChI is InChI=1S/C25H30ClN5O/c1-29-15-19-10-18(11-20(19)16-29)25-28-24-22(31(25)14-17-6-4-3-5-7-17)12-21(13-27-24)30(2)23(32)8-9-26/h3-7,12-13,18-20H,8-11,14-16H2,1-2H3/t18?,19-,20+. The maximum atomic E-state index is 12.4. The summed E-state index contributed by atoms with van der Waals surface area (Å²) in [6.07, 6.45) is 4.43. The van der Waals surface area contributed by atoms with Gasteiger partial charge < -0.3 is 14.4 Å². The number of pyridine rings is 1. The van der Waals surface area contributed by atoms with Crippen molar-refractivity contribution in [1.29, 1.82) is 0 Å². The molecule has 1 unspecified atom stereocenters. The quantitative estimate of drug-likeness (QED) is 0.529. The molecule has 0 N–H and O–H groups in total. The third kappa shape index (κ3) is 4.02. The maximum Gasteiger partial charge on any atom is 0.227 e. The molecule has 5 rings (SSSR count). The summed E-state index contributed by atoms with van der Waals surface area (Å²) < 4.78 is 2.33. The van der Waals surface area contributed by atoms with E-state index in [1.165, 1.54) is 31.5 Å². The average Bonchev–Trinajstić information content (AvgIpc) is 3.45. The first-order valence-corrected chi connectivity index (χ1v) is 12.0. The van der Waals surface area contributed by atoms with Crippen molar-refractivity contribution in [2.45, 2.75) is 31.7 Å². The van der Waals surface area contributed by atoms with Crippen LogP contribution in [0.25, 0.3) is 11.2 Å². The van der Waals surface area contributed by atoms with Crippen LogP contribution in [0.3, 0.4) is 0 Å². The first kappa shape index (κ1) is 21.4. The number of amides is 1. The van der Waals surface area contributed by atoms with Crippen LogP contribution in [0.1, 0.15) is 36.6 Å². The molecule has 168 valence electrons. The molecule has 1 aromatic carbocycles. The molecule has 1 aliphatic carbocycles. The van der Waals surface area contributed by atoms with Crippen molar-refractivity contribution in [3.63, 3.8) is 0 Å². The van der Waals surface area contributed by atoms with Crippen LogP contribution in [-0.4, -0.2) is 58.4 Å². The van der Waals surface area contributed by atoms with E-state index >= 15 is 0 Å². The summed E-state index contributed by atoms with van der Waals surface area (Å²) in [6.45, 7) is 3.13. The smallest absolute Gasteiger partial charge is 0.227 e. The first-order chi connectivity index (χ1) is 15.5. The number of carbonyl (C=O) groups excluding carboxylic acids is 1. The molecule has 3 aromatic rings. The molecule has 3 heterocycles. The predicted octanol–water partition coefficient (Wildman–Crippen LogP) is 4.13. The van der Waals surface area contributed by atoms with Crippen LogP contribution in [0.4, 0.5) is 5.69 Å². The number of aromatic nitrogens is 3. The molecule has 7 heteroatoms. The second-order valence-electron chi connectivity index (χ2n) is 9.38. The number of likely N-dealkylation sites (tertiary alicyclic amines) is 1. The molecule has 1 saturated carbocycles. The minimum Gasteiger partial charge on any atom is -0.322 e. The number of fused-ring (bicyclic) bond motifs is 2. The minimum absolute atomic E-state index is 0.0109. The van der Waals surface area contributed by atoms with Gasteiger partial charge in [0.15, 0.2) is 5.65 Å². The Morgan fingerprint density at radius 2 is 1.91 bits per heavy atom. The zero-order chi connectivity index (χ0) is 22.2. The second-order valence-corrected chi connectivity index (χ2v) is 9.76. The SMILES string of the molecule is CN1C[C@H]2CC(c3nc4ncc(N(C)C(=O)CCCl)cc4n3Cc3ccccc3)C[C@H]2C1. The molecule has 6 nitrogen and oxygen atoms in total. The molecule has 3 atom stereocenters. The zero-order valence-electron chi connectivity index (χ0n) is 18.7. The van der Waals surface area contributed by atoms with Gasteiger partial charge in [0.1, 0.15) is 5.82 Å². The number of carbonyl (C=O) groups is 1. The molecule has 0 bridgehead atoms. The molecule has 0 radical (unpaired) electrons. The van der Waals surface area contributed by atoms with Gasteiger partial charge in [-0.15, -0.1) is 11.6 Å². The van der Waals surface area contributed by atoms with Crippen molar-refractivity contribution >= 4 is 34.4 Å². The third-order valence-corrected chi connectivity index (χ3v) is 7.36. The lowest BCUT2D eigenvalue weighted by molar-refractivity contribution is -0.117. The highest BCUT2D eigenvalue weighted by Gasteiger charge is 2.41. The van der Waals surface area contributed by atoms with Crippen LogP contribution < -0.4 is 4.90 Å². The number of hydrogen-bond donors (Lipinski definition) is 0. The highest BCUT2D eigenvalue weighted by Crippen LogP contribution is 2.46. The molecule has 2 aromatic heterocycles. The summed E-state index contributed by atoms with van der Waals surface area (Å²) in [4.78, 5) is 26.2. The van der Waals surface area contributed by atoms with Gasteiger partial charge in [0.2, 0.25) is 5.91 Å². The molecule has 0 spiro atoms. The number of rotatable bonds is 6. The Bertz CT molecular complexity index is 1100. The van der Waals surface area contributed by atoms with Gasteiger partial charge in [-0.25, -0.2) is 9.97 Å². The van der Waals surface area contributed by atoms with Gasteiger partial charge in [-0.3, -0.25) is 4.79 Å². The maximum absolute atomic E-state index is 12.4. The molecule has 2 fully saturated rings. The summed E-state index contributed by atoms with van der Waals surface area (Å²) in [5.41, 5.74) is 3.76. The largest absolute Gasteiger partial charge is 0.322 e. The van der Waals surface area contributed by atoms with Crippen LogP contribution in [-0.2, 0) is 11.3 Å². The molecule has 1 saturated heterocycles. The van der Waals surface area contributed by atoms with Gasteiger partial charge in [0, 0.05) is 44.9 Å². The Balaban J connectivity index is 1.54. The number of alkyl halides is 1. The van der Waals surface area contributed by atoms with Gasteiger partial charge in [0.25, 0.3) is 0 Å². The molecule has 1 amide bonds. The number of benzene rings is 1. The summed E-state index contributed by atoms with van der Waals surface area (Å²) in [7, 11) is 4.01. The van der Waals surface area contributed by atoms with Crippen molar-refractivity contribution in [3.05, 3.63) is 54.0 Å². The van der Waals surface area contributed by atoms with Gasteiger partial charge in [-0.2, -0.15) is 0 Å². The zero-order valence-corrected chi connectivity index (χ0v) is 19.5. The van der Waals surface area contributed by atoms with Crippen LogP contribution in [0.2, 0.25) is 0 Å². The fourth-order valence-corrected chi connectivity index (χ4v) is 5.74. The monoisotopic (exact) mass is 451 g/mol. The Labute approximate surface area is 194 Å². The summed E-state index contributed by atoms with van der Waals surface area (Å²) >= 11 is 5.78. The van der Waals surface area contributed by atoms with E-state index in [-0.39, 0.29) is 5.91 Å². The molecule has 2 aliphatic rings. The van der Waals surface area contributed by atoms with Crippen LogP contribution >= 0.6 is 11.6 Å². The number of anilines is 1. The van der Waals surface area contributed by atoms with Crippen LogP contribution in [0, 0.1) is 11.8 Å². The number of halogens is 1. The van der Waals surface area contributed by atoms with E-state index in [2.05, 4.69) is 51.8 Å². The van der Waals surface area contributed by atoms with Gasteiger partial charge >= 0.3 is 0 Å². The van der Waals surface area contributed by atoms with Crippen LogP contribution in [0.5, 0.6) is 0 Å². The Morgan fingerprint density at radius 3 is 2.59 bits per heavy atom. The fourth-order valence-electron chi connectivity index (χ4n) is 5.58. The molecule has 32 heavy (non-hydrogen) atoms. The summed E-state index contributed by atoms with van der Waals surface area (Å²) in [6, 6.07) is 12.6. The molecular formula is C25H30ClN5O. The van der Waals surface area contributed by atoms with Crippen molar-refractivity contribution < 1.29 is 4.79 Å². The normalized spacial score (nSPS) is 23.0. The first-order valence-electron chi connectivity index (χ1n) is 11.4. The van der Waals surface area contributed by atoms with E-state index in [9.17, 15) is 4.79 Å². The topological polar surface area (TPSA) is 54.3 Å². The van der Waals surface area contributed by atoms with E-state index in [1.807, 2.05) is 6.07 Å². The van der Waals surface area contributed by atoms with E-state index in [0.717, 1.165) is 41.1 Å². The highest BCUT2D eigenvalue weighted by molar-refractivity contribution is 6.19. The van der Waals surface area contributed by atoms with E-state index in [4.69, 9.17) is 16.6 Å². The summed E-state index contributed by atoms with van der Waals surface area (Å²) in [5, 5.41) is 0. The lowest BCUT2D eigenvalue weighted by atomic mass is 10.0. The van der Waals surface area contributed by atoms with Crippen LogP contribution in [0.15, 0.2) is 42.6 Å². The number of nitrogens with zero attached hydrogens (tertiary/aromatic N) is 5. The van der Waals surface area contributed by atoms with Gasteiger partial charge in [-0.1, -0.05) is 30.3 Å². The van der Waals surface area contributed by atoms with Crippen molar-refractivity contribution in [3.8, 4) is 0 Å². The minimum atomic E-state index is -0.0109. The van der Waals surface area contributed by atoms with Crippen molar-refractivity contribution in [2.75, 3.05) is 38.0 Å². The lowest BCUT2D eigenvalue weighted by Crippen LogP contribution is -2.26. The van der Waals surface area contributed by atoms with Gasteiger partial charge in [0.05, 0.1) is 17.4 Å². The van der Waals surface area contributed by atoms with E-state index in [0.29, 0.717) is 18.2 Å².